The molecule has 1 saturated heterocycles. The molecule has 0 bridgehead atoms. The Morgan fingerprint density at radius 1 is 1.15 bits per heavy atom. The smallest absolute Gasteiger partial charge is 0.217 e. The van der Waals surface area contributed by atoms with Gasteiger partial charge in [-0.25, -0.2) is 0 Å². The lowest BCUT2D eigenvalue weighted by atomic mass is 10.2. The van der Waals surface area contributed by atoms with E-state index in [1.165, 1.54) is 11.3 Å². The molecule has 0 unspecified atom stereocenters. The fourth-order valence-corrected chi connectivity index (χ4v) is 4.08. The van der Waals surface area contributed by atoms with E-state index in [0.29, 0.717) is 0 Å². The molecule has 2 N–H and O–H groups in total. The van der Waals surface area contributed by atoms with E-state index in [9.17, 15) is 0 Å². The normalized spacial score (nSPS) is 19.3. The number of para-hydroxylation sites is 1. The quantitative estimate of drug-likeness (QED) is 0.662. The Morgan fingerprint density at radius 3 is 2.67 bits per heavy atom. The van der Waals surface area contributed by atoms with E-state index in [4.69, 9.17) is 4.74 Å². The number of benzene rings is 2. The molecule has 1 aliphatic rings. The van der Waals surface area contributed by atoms with E-state index in [1.807, 2.05) is 22.8 Å². The Kier molecular flexibility index (Phi) is 5.42. The number of nitrogens with two attached hydrogens (primary N) is 1. The zero-order valence-corrected chi connectivity index (χ0v) is 16.3. The van der Waals surface area contributed by atoms with Crippen molar-refractivity contribution >= 4 is 17.4 Å². The summed E-state index contributed by atoms with van der Waals surface area (Å²) in [6.07, 6.45) is 2.02. The van der Waals surface area contributed by atoms with E-state index >= 15 is 0 Å². The first-order valence-electron chi connectivity index (χ1n) is 9.05. The number of anilines is 1. The number of aromatic nitrogens is 3. The molecule has 0 spiro atoms. The molecule has 27 heavy (non-hydrogen) atoms. The van der Waals surface area contributed by atoms with Crippen molar-refractivity contribution in [1.29, 1.82) is 0 Å². The van der Waals surface area contributed by atoms with Crippen molar-refractivity contribution in [2.24, 2.45) is 0 Å². The number of hydrogen-bond acceptors (Lipinski definition) is 5. The first kappa shape index (κ1) is 18.0. The molecular formula is C20H24N5OS+. The minimum absolute atomic E-state index is 0.0683. The van der Waals surface area contributed by atoms with Crippen molar-refractivity contribution in [3.05, 3.63) is 66.5 Å². The lowest BCUT2D eigenvalue weighted by Crippen LogP contribution is -2.82. The maximum Gasteiger partial charge on any atom is 0.217 e. The Labute approximate surface area is 163 Å². The predicted octanol–water partition coefficient (Wildman–Crippen LogP) is 2.09. The summed E-state index contributed by atoms with van der Waals surface area (Å²) in [5.74, 6) is 0.855. The van der Waals surface area contributed by atoms with Crippen molar-refractivity contribution < 1.29 is 10.1 Å². The van der Waals surface area contributed by atoms with Gasteiger partial charge in [-0.1, -0.05) is 30.0 Å². The maximum absolute atomic E-state index is 6.24. The minimum atomic E-state index is 0.0683. The fourth-order valence-electron chi connectivity index (χ4n) is 3.13. The van der Waals surface area contributed by atoms with Crippen molar-refractivity contribution in [1.82, 2.24) is 14.8 Å². The summed E-state index contributed by atoms with van der Waals surface area (Å²) >= 11 is 1.69. The lowest BCUT2D eigenvalue weighted by Gasteiger charge is -2.14. The summed E-state index contributed by atoms with van der Waals surface area (Å²) in [6, 6.07) is 18.7. The third-order valence-electron chi connectivity index (χ3n) is 4.64. The van der Waals surface area contributed by atoms with Crippen LogP contribution in [0.1, 0.15) is 11.8 Å². The van der Waals surface area contributed by atoms with Crippen LogP contribution in [0.15, 0.2) is 66.1 Å². The second-order valence-corrected chi connectivity index (χ2v) is 7.75. The number of rotatable bonds is 6. The van der Waals surface area contributed by atoms with Crippen LogP contribution in [0.3, 0.4) is 0 Å². The molecule has 3 aromatic rings. The topological polar surface area (TPSA) is 59.8 Å². The zero-order valence-electron chi connectivity index (χ0n) is 15.5. The van der Waals surface area contributed by atoms with Gasteiger partial charge in [-0.2, -0.15) is 0 Å². The second-order valence-electron chi connectivity index (χ2n) is 6.77. The molecule has 1 fully saturated rings. The SMILES string of the molecule is CN(C)c1ccc([C@H]2[NH2+]C[C@H](CSc3nncn3-c3ccccc3)O2)cc1. The van der Waals surface area contributed by atoms with Crippen LogP contribution < -0.4 is 10.2 Å². The number of hydrogen-bond donors (Lipinski definition) is 1. The van der Waals surface area contributed by atoms with Gasteiger partial charge in [-0.3, -0.25) is 4.57 Å². The predicted molar refractivity (Wildman–Crippen MR) is 107 cm³/mol. The highest BCUT2D eigenvalue weighted by atomic mass is 32.2. The molecule has 1 aromatic heterocycles. The van der Waals surface area contributed by atoms with Gasteiger partial charge in [-0.15, -0.1) is 10.2 Å². The van der Waals surface area contributed by atoms with Crippen molar-refractivity contribution in [3.8, 4) is 5.69 Å². The highest BCUT2D eigenvalue weighted by molar-refractivity contribution is 7.99. The van der Waals surface area contributed by atoms with Gasteiger partial charge in [0, 0.05) is 36.8 Å². The van der Waals surface area contributed by atoms with E-state index in [1.54, 1.807) is 18.1 Å². The zero-order chi connectivity index (χ0) is 18.6. The van der Waals surface area contributed by atoms with Crippen LogP contribution in [0.4, 0.5) is 5.69 Å². The van der Waals surface area contributed by atoms with Crippen LogP contribution in [0.5, 0.6) is 0 Å². The highest BCUT2D eigenvalue weighted by Gasteiger charge is 2.30. The number of quaternary nitrogens is 1. The van der Waals surface area contributed by atoms with Gasteiger partial charge < -0.3 is 15.0 Å². The Balaban J connectivity index is 1.35. The number of nitrogens with zero attached hydrogens (tertiary/aromatic N) is 4. The Hall–Kier alpha value is -2.35. The molecule has 1 aliphatic heterocycles. The average Bonchev–Trinajstić information content (AvgIpc) is 3.36. The molecule has 0 aliphatic carbocycles. The van der Waals surface area contributed by atoms with Crippen molar-refractivity contribution in [3.63, 3.8) is 0 Å². The number of ether oxygens (including phenoxy) is 1. The van der Waals surface area contributed by atoms with Crippen molar-refractivity contribution in [2.75, 3.05) is 31.3 Å². The second kappa shape index (κ2) is 8.12. The molecule has 4 rings (SSSR count). The van der Waals surface area contributed by atoms with Gasteiger partial charge >= 0.3 is 0 Å². The number of thioether (sulfide) groups is 1. The maximum atomic E-state index is 6.24. The third-order valence-corrected chi connectivity index (χ3v) is 5.71. The van der Waals surface area contributed by atoms with Gasteiger partial charge in [0.1, 0.15) is 19.0 Å². The largest absolute Gasteiger partial charge is 0.378 e. The molecule has 2 aromatic carbocycles. The molecule has 0 radical (unpaired) electrons. The summed E-state index contributed by atoms with van der Waals surface area (Å²) in [5.41, 5.74) is 3.48. The molecule has 0 amide bonds. The van der Waals surface area contributed by atoms with E-state index < -0.39 is 0 Å². The average molecular weight is 383 g/mol. The van der Waals surface area contributed by atoms with Gasteiger partial charge in [0.05, 0.1) is 0 Å². The molecule has 0 saturated carbocycles. The van der Waals surface area contributed by atoms with Gasteiger partial charge in [-0.05, 0) is 36.4 Å². The Morgan fingerprint density at radius 2 is 1.93 bits per heavy atom. The van der Waals surface area contributed by atoms with Gasteiger partial charge in [0.15, 0.2) is 5.16 Å². The summed E-state index contributed by atoms with van der Waals surface area (Å²) in [7, 11) is 4.10. The molecule has 2 atom stereocenters. The van der Waals surface area contributed by atoms with E-state index in [2.05, 4.69) is 70.9 Å². The van der Waals surface area contributed by atoms with E-state index in [0.717, 1.165) is 23.1 Å². The van der Waals surface area contributed by atoms with Gasteiger partial charge in [0.25, 0.3) is 0 Å². The summed E-state index contributed by atoms with van der Waals surface area (Å²) in [6.45, 7) is 0.951. The third kappa shape index (κ3) is 4.16. The van der Waals surface area contributed by atoms with Crippen LogP contribution in [-0.4, -0.2) is 47.3 Å². The van der Waals surface area contributed by atoms with Crippen LogP contribution in [0.2, 0.25) is 0 Å². The van der Waals surface area contributed by atoms with Crippen molar-refractivity contribution in [2.45, 2.75) is 17.5 Å². The molecule has 7 heteroatoms. The molecule has 2 heterocycles. The lowest BCUT2D eigenvalue weighted by molar-refractivity contribution is -0.697. The minimum Gasteiger partial charge on any atom is -0.378 e. The molecule has 6 nitrogen and oxygen atoms in total. The first-order chi connectivity index (χ1) is 13.2. The Bertz CT molecular complexity index is 866. The van der Waals surface area contributed by atoms with E-state index in [-0.39, 0.29) is 12.3 Å². The summed E-state index contributed by atoms with van der Waals surface area (Å²) in [4.78, 5) is 2.10. The standard InChI is InChI=1S/C20H23N5OS/c1-24(2)16-10-8-15(9-11-16)19-21-12-18(26-19)13-27-20-23-22-14-25(20)17-6-4-3-5-7-17/h3-11,14,18-19,21H,12-13H2,1-2H3/p+1/t18-,19+/m1/s1. The van der Waals surface area contributed by atoms with Crippen LogP contribution >= 0.6 is 11.8 Å². The highest BCUT2D eigenvalue weighted by Crippen LogP contribution is 2.24. The van der Waals surface area contributed by atoms with Crippen LogP contribution in [0.25, 0.3) is 5.69 Å². The van der Waals surface area contributed by atoms with Crippen LogP contribution in [0, 0.1) is 0 Å². The first-order valence-corrected chi connectivity index (χ1v) is 10.0. The van der Waals surface area contributed by atoms with Gasteiger partial charge in [0.2, 0.25) is 6.23 Å². The summed E-state index contributed by atoms with van der Waals surface area (Å²) in [5, 5.41) is 11.5. The fraction of sp³-hybridized carbons (Fsp3) is 0.300. The monoisotopic (exact) mass is 382 g/mol. The molecule has 140 valence electrons. The summed E-state index contributed by atoms with van der Waals surface area (Å²) < 4.78 is 8.26. The van der Waals surface area contributed by atoms with Crippen LogP contribution in [-0.2, 0) is 4.74 Å². The molecular weight excluding hydrogens is 358 g/mol.